The van der Waals surface area contributed by atoms with Crippen LogP contribution >= 0.6 is 0 Å². The maximum Gasteiger partial charge on any atom is 0.326 e. The average Bonchev–Trinajstić information content (AvgIpc) is 2.54. The molecule has 1 atom stereocenters. The summed E-state index contributed by atoms with van der Waals surface area (Å²) in [5.74, 6) is -2.16. The van der Waals surface area contributed by atoms with Crippen molar-refractivity contribution in [3.63, 3.8) is 0 Å². The molecule has 0 fully saturated rings. The Morgan fingerprint density at radius 2 is 1.74 bits per heavy atom. The quantitative estimate of drug-likeness (QED) is 0.806. The second kappa shape index (κ2) is 7.89. The van der Waals surface area contributed by atoms with Crippen LogP contribution in [0.5, 0.6) is 0 Å². The summed E-state index contributed by atoms with van der Waals surface area (Å²) in [5, 5.41) is 11.6. The van der Waals surface area contributed by atoms with Gasteiger partial charge in [0.2, 0.25) is 5.91 Å². The molecule has 118 valence electrons. The minimum atomic E-state index is -1.12. The highest BCUT2D eigenvalue weighted by molar-refractivity contribution is 5.94. The highest BCUT2D eigenvalue weighted by Crippen LogP contribution is 2.08. The maximum absolute atomic E-state index is 13.4. The van der Waals surface area contributed by atoms with Crippen molar-refractivity contribution >= 4 is 18.0 Å². The van der Waals surface area contributed by atoms with Gasteiger partial charge in [0, 0.05) is 18.1 Å². The van der Waals surface area contributed by atoms with Crippen LogP contribution in [0, 0.1) is 5.82 Å². The van der Waals surface area contributed by atoms with E-state index >= 15 is 0 Å². The van der Waals surface area contributed by atoms with E-state index in [1.807, 2.05) is 6.07 Å². The normalized spacial score (nSPS) is 12.0. The molecule has 23 heavy (non-hydrogen) atoms. The van der Waals surface area contributed by atoms with Gasteiger partial charge in [0.05, 0.1) is 0 Å². The molecule has 0 aromatic heterocycles. The second-order valence-electron chi connectivity index (χ2n) is 4.94. The molecule has 0 spiro atoms. The van der Waals surface area contributed by atoms with E-state index < -0.39 is 23.7 Å². The van der Waals surface area contributed by atoms with E-state index in [9.17, 15) is 19.1 Å². The number of carboxylic acid groups (broad SMARTS) is 1. The van der Waals surface area contributed by atoms with Gasteiger partial charge in [0.15, 0.2) is 0 Å². The molecule has 0 aliphatic heterocycles. The van der Waals surface area contributed by atoms with Crippen molar-refractivity contribution < 1.29 is 19.1 Å². The van der Waals surface area contributed by atoms with Crippen LogP contribution in [-0.2, 0) is 16.0 Å². The number of amides is 1. The van der Waals surface area contributed by atoms with Gasteiger partial charge in [-0.2, -0.15) is 0 Å². The summed E-state index contributed by atoms with van der Waals surface area (Å²) in [6, 6.07) is 14.0. The Labute approximate surface area is 133 Å². The van der Waals surface area contributed by atoms with Crippen LogP contribution in [0.15, 0.2) is 60.7 Å². The molecule has 0 radical (unpaired) electrons. The van der Waals surface area contributed by atoms with Gasteiger partial charge in [0.1, 0.15) is 11.9 Å². The van der Waals surface area contributed by atoms with Gasteiger partial charge in [-0.1, -0.05) is 48.5 Å². The number of nitrogens with one attached hydrogen (secondary N) is 1. The van der Waals surface area contributed by atoms with E-state index in [-0.39, 0.29) is 12.0 Å². The smallest absolute Gasteiger partial charge is 0.326 e. The Bertz CT molecular complexity index is 713. The molecule has 2 N–H and O–H groups in total. The number of aliphatic carboxylic acids is 1. The number of rotatable bonds is 6. The third-order valence-corrected chi connectivity index (χ3v) is 3.22. The van der Waals surface area contributed by atoms with Crippen LogP contribution in [0.25, 0.3) is 6.08 Å². The van der Waals surface area contributed by atoms with E-state index in [1.54, 1.807) is 36.4 Å². The molecule has 4 nitrogen and oxygen atoms in total. The monoisotopic (exact) mass is 313 g/mol. The first-order valence-corrected chi connectivity index (χ1v) is 7.06. The zero-order valence-electron chi connectivity index (χ0n) is 12.3. The summed E-state index contributed by atoms with van der Waals surface area (Å²) in [5.41, 5.74) is 1.07. The van der Waals surface area contributed by atoms with E-state index in [2.05, 4.69) is 5.32 Å². The molecule has 5 heteroatoms. The summed E-state index contributed by atoms with van der Waals surface area (Å²) in [6.45, 7) is 0. The zero-order chi connectivity index (χ0) is 16.7. The van der Waals surface area contributed by atoms with Crippen molar-refractivity contribution in [3.05, 3.63) is 77.6 Å². The molecular weight excluding hydrogens is 297 g/mol. The van der Waals surface area contributed by atoms with Crippen LogP contribution in [0.2, 0.25) is 0 Å². The summed E-state index contributed by atoms with van der Waals surface area (Å²) >= 11 is 0. The average molecular weight is 313 g/mol. The predicted octanol–water partition coefficient (Wildman–Crippen LogP) is 2.65. The van der Waals surface area contributed by atoms with Crippen molar-refractivity contribution in [2.45, 2.75) is 12.5 Å². The zero-order valence-corrected chi connectivity index (χ0v) is 12.3. The summed E-state index contributed by atoms with van der Waals surface area (Å²) in [6.07, 6.45) is 2.61. The molecule has 0 unspecified atom stereocenters. The second-order valence-corrected chi connectivity index (χ2v) is 4.94. The van der Waals surface area contributed by atoms with Gasteiger partial charge in [-0.05, 0) is 17.7 Å². The number of carboxylic acids is 1. The van der Waals surface area contributed by atoms with Gasteiger partial charge in [-0.3, -0.25) is 4.79 Å². The molecule has 0 saturated carbocycles. The van der Waals surface area contributed by atoms with Crippen LogP contribution in [0.4, 0.5) is 4.39 Å². The Hall–Kier alpha value is -2.95. The van der Waals surface area contributed by atoms with Crippen molar-refractivity contribution in [2.75, 3.05) is 0 Å². The minimum absolute atomic E-state index is 0.176. The Morgan fingerprint density at radius 3 is 2.39 bits per heavy atom. The molecule has 2 aromatic rings. The summed E-state index contributed by atoms with van der Waals surface area (Å²) in [7, 11) is 0. The number of carbonyl (C=O) groups excluding carboxylic acids is 1. The lowest BCUT2D eigenvalue weighted by Gasteiger charge is -2.13. The summed E-state index contributed by atoms with van der Waals surface area (Å²) < 4.78 is 13.4. The van der Waals surface area contributed by atoms with Crippen LogP contribution < -0.4 is 5.32 Å². The van der Waals surface area contributed by atoms with Crippen LogP contribution in [0.1, 0.15) is 11.1 Å². The van der Waals surface area contributed by atoms with Gasteiger partial charge in [0.25, 0.3) is 0 Å². The molecule has 0 bridgehead atoms. The predicted molar refractivity (Wildman–Crippen MR) is 85.1 cm³/mol. The van der Waals surface area contributed by atoms with Gasteiger partial charge < -0.3 is 10.4 Å². The largest absolute Gasteiger partial charge is 0.480 e. The first kappa shape index (κ1) is 16.4. The van der Waals surface area contributed by atoms with Gasteiger partial charge >= 0.3 is 5.97 Å². The Balaban J connectivity index is 2.01. The lowest BCUT2D eigenvalue weighted by molar-refractivity contribution is -0.141. The summed E-state index contributed by atoms with van der Waals surface area (Å²) in [4.78, 5) is 23.1. The molecular formula is C18H16FNO3. The first-order chi connectivity index (χ1) is 11.1. The van der Waals surface area contributed by atoms with Crippen LogP contribution in [0.3, 0.4) is 0 Å². The van der Waals surface area contributed by atoms with E-state index in [4.69, 9.17) is 0 Å². The lowest BCUT2D eigenvalue weighted by atomic mass is 10.1. The molecule has 1 amide bonds. The van der Waals surface area contributed by atoms with Gasteiger partial charge in [-0.15, -0.1) is 0 Å². The third kappa shape index (κ3) is 5.07. The number of hydrogen-bond acceptors (Lipinski definition) is 2. The molecule has 2 rings (SSSR count). The third-order valence-electron chi connectivity index (χ3n) is 3.22. The Morgan fingerprint density at radius 1 is 1.09 bits per heavy atom. The highest BCUT2D eigenvalue weighted by atomic mass is 19.1. The lowest BCUT2D eigenvalue weighted by Crippen LogP contribution is -2.41. The SMILES string of the molecule is O=C(/C=C/c1ccccc1F)N[C@H](Cc1ccccc1)C(=O)O. The van der Waals surface area contributed by atoms with Crippen molar-refractivity contribution in [3.8, 4) is 0 Å². The van der Waals surface area contributed by atoms with E-state index in [0.717, 1.165) is 11.6 Å². The fraction of sp³-hybridized carbons (Fsp3) is 0.111. The van der Waals surface area contributed by atoms with Crippen molar-refractivity contribution in [1.82, 2.24) is 5.32 Å². The fourth-order valence-electron chi connectivity index (χ4n) is 2.05. The molecule has 0 heterocycles. The topological polar surface area (TPSA) is 66.4 Å². The standard InChI is InChI=1S/C18H16FNO3/c19-15-9-5-4-8-14(15)10-11-17(21)20-16(18(22)23)12-13-6-2-1-3-7-13/h1-11,16H,12H2,(H,20,21)(H,22,23)/b11-10+/t16-/m1/s1. The van der Waals surface area contributed by atoms with E-state index in [0.29, 0.717) is 0 Å². The first-order valence-electron chi connectivity index (χ1n) is 7.06. The molecule has 0 saturated heterocycles. The fourth-order valence-corrected chi connectivity index (χ4v) is 2.05. The minimum Gasteiger partial charge on any atom is -0.480 e. The number of carbonyl (C=O) groups is 2. The molecule has 0 aliphatic rings. The highest BCUT2D eigenvalue weighted by Gasteiger charge is 2.19. The van der Waals surface area contributed by atoms with E-state index in [1.165, 1.54) is 18.2 Å². The maximum atomic E-state index is 13.4. The van der Waals surface area contributed by atoms with Gasteiger partial charge in [-0.25, -0.2) is 9.18 Å². The number of hydrogen-bond donors (Lipinski definition) is 2. The number of halogens is 1. The van der Waals surface area contributed by atoms with Crippen molar-refractivity contribution in [2.24, 2.45) is 0 Å². The Kier molecular flexibility index (Phi) is 5.63. The van der Waals surface area contributed by atoms with Crippen LogP contribution in [-0.4, -0.2) is 23.0 Å². The molecule has 2 aromatic carbocycles. The molecule has 0 aliphatic carbocycles. The number of benzene rings is 2. The van der Waals surface area contributed by atoms with Crippen molar-refractivity contribution in [1.29, 1.82) is 0 Å².